The van der Waals surface area contributed by atoms with Crippen LogP contribution in [0.2, 0.25) is 0 Å². The first-order chi connectivity index (χ1) is 13.7. The number of para-hydroxylation sites is 1. The number of hydrogen-bond donors (Lipinski definition) is 0. The van der Waals surface area contributed by atoms with Crippen LogP contribution in [0.4, 0.5) is 11.6 Å². The number of rotatable bonds is 6. The van der Waals surface area contributed by atoms with E-state index in [0.717, 1.165) is 35.4 Å². The van der Waals surface area contributed by atoms with Crippen LogP contribution < -0.4 is 4.90 Å². The smallest absolute Gasteiger partial charge is 0.269 e. The van der Waals surface area contributed by atoms with E-state index in [4.69, 9.17) is 4.74 Å². The molecule has 8 nitrogen and oxygen atoms in total. The molecule has 1 saturated heterocycles. The Morgan fingerprint density at radius 3 is 2.61 bits per heavy atom. The Balaban J connectivity index is 1.62. The number of nitrogens with zero attached hydrogens (tertiary/aromatic N) is 5. The second kappa shape index (κ2) is 8.41. The van der Waals surface area contributed by atoms with Crippen molar-refractivity contribution >= 4 is 23.4 Å². The van der Waals surface area contributed by atoms with Gasteiger partial charge in [-0.3, -0.25) is 14.7 Å². The normalized spacial score (nSPS) is 14.2. The first kappa shape index (κ1) is 18.5. The lowest BCUT2D eigenvalue weighted by Gasteiger charge is -2.27. The van der Waals surface area contributed by atoms with Gasteiger partial charge < -0.3 is 9.64 Å². The summed E-state index contributed by atoms with van der Waals surface area (Å²) in [5.41, 5.74) is 1.95. The van der Waals surface area contributed by atoms with Crippen molar-refractivity contribution in [3.8, 4) is 5.69 Å². The molecular formula is C19H19N5O3S. The number of nitro groups is 1. The van der Waals surface area contributed by atoms with Gasteiger partial charge in [0.15, 0.2) is 5.16 Å². The zero-order valence-corrected chi connectivity index (χ0v) is 15.9. The Morgan fingerprint density at radius 1 is 1.07 bits per heavy atom. The van der Waals surface area contributed by atoms with Gasteiger partial charge >= 0.3 is 0 Å². The highest BCUT2D eigenvalue weighted by Crippen LogP contribution is 2.29. The minimum Gasteiger partial charge on any atom is -0.378 e. The van der Waals surface area contributed by atoms with Crippen molar-refractivity contribution in [1.82, 2.24) is 14.8 Å². The van der Waals surface area contributed by atoms with Crippen LogP contribution in [0.1, 0.15) is 5.56 Å². The number of anilines is 1. The second-order valence-electron chi connectivity index (χ2n) is 6.27. The zero-order valence-electron chi connectivity index (χ0n) is 15.1. The van der Waals surface area contributed by atoms with Gasteiger partial charge in [-0.25, -0.2) is 0 Å². The molecule has 1 aliphatic rings. The van der Waals surface area contributed by atoms with E-state index in [1.54, 1.807) is 12.1 Å². The van der Waals surface area contributed by atoms with E-state index in [-0.39, 0.29) is 10.6 Å². The molecule has 0 aliphatic carbocycles. The molecule has 28 heavy (non-hydrogen) atoms. The standard InChI is InChI=1S/C19H19N5O3S/c25-24(26)17-8-4-5-15(13-17)14-28-19-21-20-18(22-9-11-27-12-10-22)23(19)16-6-2-1-3-7-16/h1-8,13H,9-12,14H2. The summed E-state index contributed by atoms with van der Waals surface area (Å²) >= 11 is 1.51. The molecule has 144 valence electrons. The van der Waals surface area contributed by atoms with Crippen molar-refractivity contribution in [2.45, 2.75) is 10.9 Å². The van der Waals surface area contributed by atoms with Gasteiger partial charge in [0.25, 0.3) is 5.69 Å². The lowest BCUT2D eigenvalue weighted by Crippen LogP contribution is -2.37. The fourth-order valence-corrected chi connectivity index (χ4v) is 3.92. The number of hydrogen-bond acceptors (Lipinski definition) is 7. The first-order valence-electron chi connectivity index (χ1n) is 8.92. The summed E-state index contributed by atoms with van der Waals surface area (Å²) in [7, 11) is 0. The van der Waals surface area contributed by atoms with Crippen LogP contribution in [0.15, 0.2) is 59.8 Å². The summed E-state index contributed by atoms with van der Waals surface area (Å²) < 4.78 is 7.49. The molecule has 0 radical (unpaired) electrons. The maximum absolute atomic E-state index is 11.0. The van der Waals surface area contributed by atoms with Crippen LogP contribution in [-0.2, 0) is 10.5 Å². The predicted octanol–water partition coefficient (Wildman–Crippen LogP) is 3.30. The Kier molecular flexibility index (Phi) is 5.54. The molecule has 0 spiro atoms. The topological polar surface area (TPSA) is 86.3 Å². The Labute approximate surface area is 166 Å². The highest BCUT2D eigenvalue weighted by atomic mass is 32.2. The van der Waals surface area contributed by atoms with E-state index in [9.17, 15) is 10.1 Å². The van der Waals surface area contributed by atoms with Crippen molar-refractivity contribution in [3.63, 3.8) is 0 Å². The lowest BCUT2D eigenvalue weighted by molar-refractivity contribution is -0.384. The van der Waals surface area contributed by atoms with Gasteiger partial charge in [0.2, 0.25) is 5.95 Å². The molecule has 2 heterocycles. The lowest BCUT2D eigenvalue weighted by atomic mass is 10.2. The van der Waals surface area contributed by atoms with Crippen molar-refractivity contribution in [1.29, 1.82) is 0 Å². The quantitative estimate of drug-likeness (QED) is 0.358. The van der Waals surface area contributed by atoms with Gasteiger partial charge in [0, 0.05) is 31.0 Å². The molecule has 3 aromatic rings. The molecule has 0 atom stereocenters. The number of ether oxygens (including phenoxy) is 1. The van der Waals surface area contributed by atoms with E-state index in [0.29, 0.717) is 19.0 Å². The highest BCUT2D eigenvalue weighted by Gasteiger charge is 2.21. The van der Waals surface area contributed by atoms with E-state index in [1.807, 2.05) is 41.0 Å². The molecule has 1 fully saturated rings. The Bertz CT molecular complexity index is 957. The number of benzene rings is 2. The zero-order chi connectivity index (χ0) is 19.3. The number of thioether (sulfide) groups is 1. The summed E-state index contributed by atoms with van der Waals surface area (Å²) in [6, 6.07) is 16.6. The minimum atomic E-state index is -0.378. The summed E-state index contributed by atoms with van der Waals surface area (Å²) in [5.74, 6) is 1.35. The van der Waals surface area contributed by atoms with E-state index < -0.39 is 0 Å². The molecule has 0 saturated carbocycles. The third-order valence-electron chi connectivity index (χ3n) is 4.41. The van der Waals surface area contributed by atoms with Gasteiger partial charge in [0.1, 0.15) is 0 Å². The van der Waals surface area contributed by atoms with Gasteiger partial charge in [-0.1, -0.05) is 42.1 Å². The second-order valence-corrected chi connectivity index (χ2v) is 7.21. The maximum atomic E-state index is 11.0. The Morgan fingerprint density at radius 2 is 1.86 bits per heavy atom. The average molecular weight is 397 g/mol. The minimum absolute atomic E-state index is 0.0941. The Hall–Kier alpha value is -2.91. The van der Waals surface area contributed by atoms with Crippen LogP contribution >= 0.6 is 11.8 Å². The molecule has 0 amide bonds. The average Bonchev–Trinajstić information content (AvgIpc) is 3.18. The van der Waals surface area contributed by atoms with Crippen LogP contribution in [0, 0.1) is 10.1 Å². The monoisotopic (exact) mass is 397 g/mol. The highest BCUT2D eigenvalue weighted by molar-refractivity contribution is 7.98. The van der Waals surface area contributed by atoms with Gasteiger partial charge in [-0.2, -0.15) is 0 Å². The summed E-state index contributed by atoms with van der Waals surface area (Å²) in [4.78, 5) is 12.8. The van der Waals surface area contributed by atoms with Crippen LogP contribution in [0.3, 0.4) is 0 Å². The number of non-ortho nitro benzene ring substituents is 1. The first-order valence-corrected chi connectivity index (χ1v) is 9.90. The van der Waals surface area contributed by atoms with Crippen molar-refractivity contribution < 1.29 is 9.66 Å². The molecular weight excluding hydrogens is 378 g/mol. The van der Waals surface area contributed by atoms with E-state index in [1.165, 1.54) is 17.8 Å². The largest absolute Gasteiger partial charge is 0.378 e. The molecule has 0 N–H and O–H groups in total. The fraction of sp³-hybridized carbons (Fsp3) is 0.263. The van der Waals surface area contributed by atoms with E-state index in [2.05, 4.69) is 15.1 Å². The summed E-state index contributed by atoms with van der Waals surface area (Å²) in [5, 5.41) is 20.6. The van der Waals surface area contributed by atoms with Crippen molar-refractivity contribution in [3.05, 3.63) is 70.3 Å². The number of aromatic nitrogens is 3. The fourth-order valence-electron chi connectivity index (χ4n) is 3.03. The van der Waals surface area contributed by atoms with E-state index >= 15 is 0 Å². The molecule has 0 bridgehead atoms. The number of nitro benzene ring substituents is 1. The molecule has 1 aliphatic heterocycles. The molecule has 4 rings (SSSR count). The predicted molar refractivity (Wildman–Crippen MR) is 107 cm³/mol. The van der Waals surface area contributed by atoms with Gasteiger partial charge in [0.05, 0.1) is 23.8 Å². The SMILES string of the molecule is O=[N+]([O-])c1cccc(CSc2nnc(N3CCOCC3)n2-c2ccccc2)c1. The van der Waals surface area contributed by atoms with Crippen LogP contribution in [0.5, 0.6) is 0 Å². The van der Waals surface area contributed by atoms with Crippen LogP contribution in [-0.4, -0.2) is 46.0 Å². The molecule has 1 aromatic heterocycles. The molecule has 2 aromatic carbocycles. The third-order valence-corrected chi connectivity index (χ3v) is 5.41. The maximum Gasteiger partial charge on any atom is 0.269 e. The van der Waals surface area contributed by atoms with Crippen molar-refractivity contribution in [2.24, 2.45) is 0 Å². The summed E-state index contributed by atoms with van der Waals surface area (Å²) in [6.45, 7) is 2.86. The molecule has 0 unspecified atom stereocenters. The van der Waals surface area contributed by atoms with Gasteiger partial charge in [-0.15, -0.1) is 10.2 Å². The number of morpholine rings is 1. The van der Waals surface area contributed by atoms with Gasteiger partial charge in [-0.05, 0) is 17.7 Å². The summed E-state index contributed by atoms with van der Waals surface area (Å²) in [6.07, 6.45) is 0. The molecule has 9 heteroatoms. The third kappa shape index (κ3) is 4.00. The van der Waals surface area contributed by atoms with Crippen LogP contribution in [0.25, 0.3) is 5.69 Å². The van der Waals surface area contributed by atoms with Crippen molar-refractivity contribution in [2.75, 3.05) is 31.2 Å².